The molecular formula is C14H19NO5S. The molecule has 1 aromatic rings. The molecular weight excluding hydrogens is 294 g/mol. The summed E-state index contributed by atoms with van der Waals surface area (Å²) in [5, 5.41) is 8.64. The van der Waals surface area contributed by atoms with E-state index in [1.807, 2.05) is 12.1 Å². The molecule has 116 valence electrons. The topological polar surface area (TPSA) is 85.6 Å². The average molecular weight is 313 g/mol. The zero-order valence-corrected chi connectivity index (χ0v) is 13.1. The Morgan fingerprint density at radius 3 is 2.43 bits per heavy atom. The highest BCUT2D eigenvalue weighted by atomic mass is 32.2. The van der Waals surface area contributed by atoms with Gasteiger partial charge in [0.05, 0.1) is 32.6 Å². The summed E-state index contributed by atoms with van der Waals surface area (Å²) in [4.78, 5) is 0. The molecule has 0 unspecified atom stereocenters. The smallest absolute Gasteiger partial charge is 0.264 e. The third-order valence-electron chi connectivity index (χ3n) is 2.80. The highest BCUT2D eigenvalue weighted by Gasteiger charge is 2.17. The molecule has 1 aromatic carbocycles. The molecule has 1 rings (SSSR count). The largest absolute Gasteiger partial charge is 0.493 e. The van der Waals surface area contributed by atoms with E-state index in [0.717, 1.165) is 11.8 Å². The first-order valence-electron chi connectivity index (χ1n) is 6.35. The molecule has 6 nitrogen and oxygen atoms in total. The fraction of sp³-hybridized carbons (Fsp3) is 0.500. The minimum atomic E-state index is -3.57. The van der Waals surface area contributed by atoms with E-state index in [9.17, 15) is 8.42 Å². The van der Waals surface area contributed by atoms with Crippen LogP contribution < -0.4 is 9.47 Å². The lowest BCUT2D eigenvalue weighted by Gasteiger charge is -2.16. The Labute approximate surface area is 125 Å². The Bertz CT molecular complexity index is 606. The third kappa shape index (κ3) is 6.02. The molecule has 7 heteroatoms. The molecule has 0 heterocycles. The molecule has 0 amide bonds. The predicted molar refractivity (Wildman–Crippen MR) is 77.8 cm³/mol. The number of rotatable bonds is 8. The van der Waals surface area contributed by atoms with Crippen LogP contribution in [0, 0.1) is 11.3 Å². The quantitative estimate of drug-likeness (QED) is 0.681. The maximum Gasteiger partial charge on any atom is 0.264 e. The standard InChI is InChI=1S/C14H19NO5S/c1-18-13-7-6-11(10-14(13)19-2)9-12(5-4-8-15)20-21(3,16)17/h6-7,10,12H,4-5,9H2,1-3H3/t12-/m0/s1. The van der Waals surface area contributed by atoms with Crippen molar-refractivity contribution in [2.75, 3.05) is 20.5 Å². The molecule has 0 N–H and O–H groups in total. The summed E-state index contributed by atoms with van der Waals surface area (Å²) < 4.78 is 37.9. The lowest BCUT2D eigenvalue weighted by atomic mass is 10.0. The van der Waals surface area contributed by atoms with E-state index < -0.39 is 16.2 Å². The molecule has 0 saturated carbocycles. The summed E-state index contributed by atoms with van der Waals surface area (Å²) in [6, 6.07) is 7.32. The highest BCUT2D eigenvalue weighted by molar-refractivity contribution is 7.86. The Hall–Kier alpha value is -1.78. The lowest BCUT2D eigenvalue weighted by molar-refractivity contribution is 0.202. The summed E-state index contributed by atoms with van der Waals surface area (Å²) in [5.74, 6) is 1.16. The number of methoxy groups -OCH3 is 2. The number of nitriles is 1. The van der Waals surface area contributed by atoms with Gasteiger partial charge in [0.25, 0.3) is 10.1 Å². The van der Waals surface area contributed by atoms with Crippen LogP contribution in [0.2, 0.25) is 0 Å². The SMILES string of the molecule is COc1ccc(C[C@H](CCC#N)OS(C)(=O)=O)cc1OC. The van der Waals surface area contributed by atoms with Crippen molar-refractivity contribution in [2.45, 2.75) is 25.4 Å². The Morgan fingerprint density at radius 2 is 1.90 bits per heavy atom. The van der Waals surface area contributed by atoms with Crippen LogP contribution in [0.25, 0.3) is 0 Å². The second-order valence-electron chi connectivity index (χ2n) is 4.51. The number of hydrogen-bond acceptors (Lipinski definition) is 6. The zero-order valence-electron chi connectivity index (χ0n) is 12.3. The summed E-state index contributed by atoms with van der Waals surface area (Å²) >= 11 is 0. The van der Waals surface area contributed by atoms with Gasteiger partial charge in [-0.2, -0.15) is 13.7 Å². The maximum atomic E-state index is 11.3. The molecule has 0 aliphatic heterocycles. The van der Waals surface area contributed by atoms with Crippen molar-refractivity contribution in [3.63, 3.8) is 0 Å². The Kier molecular flexibility index (Phi) is 6.46. The average Bonchev–Trinajstić information content (AvgIpc) is 2.43. The second-order valence-corrected chi connectivity index (χ2v) is 6.11. The van der Waals surface area contributed by atoms with Crippen molar-refractivity contribution in [3.8, 4) is 17.6 Å². The molecule has 0 bridgehead atoms. The first kappa shape index (κ1) is 17.3. The number of ether oxygens (including phenoxy) is 2. The molecule has 1 atom stereocenters. The van der Waals surface area contributed by atoms with Crippen molar-refractivity contribution in [3.05, 3.63) is 23.8 Å². The van der Waals surface area contributed by atoms with Crippen LogP contribution in [0.15, 0.2) is 18.2 Å². The van der Waals surface area contributed by atoms with Gasteiger partial charge in [0.2, 0.25) is 0 Å². The van der Waals surface area contributed by atoms with E-state index in [1.54, 1.807) is 19.2 Å². The van der Waals surface area contributed by atoms with Crippen molar-refractivity contribution in [2.24, 2.45) is 0 Å². The van der Waals surface area contributed by atoms with Gasteiger partial charge in [-0.25, -0.2) is 0 Å². The van der Waals surface area contributed by atoms with Crippen molar-refractivity contribution in [1.82, 2.24) is 0 Å². The Morgan fingerprint density at radius 1 is 1.24 bits per heavy atom. The minimum Gasteiger partial charge on any atom is -0.493 e. The first-order valence-corrected chi connectivity index (χ1v) is 8.17. The molecule has 0 radical (unpaired) electrons. The van der Waals surface area contributed by atoms with Crippen LogP contribution in [-0.4, -0.2) is 35.0 Å². The molecule has 0 aliphatic carbocycles. The fourth-order valence-electron chi connectivity index (χ4n) is 1.93. The molecule has 0 saturated heterocycles. The van der Waals surface area contributed by atoms with Gasteiger partial charge in [-0.3, -0.25) is 4.18 Å². The number of hydrogen-bond donors (Lipinski definition) is 0. The van der Waals surface area contributed by atoms with E-state index in [0.29, 0.717) is 24.3 Å². The Balaban J connectivity index is 2.89. The minimum absolute atomic E-state index is 0.230. The summed E-state index contributed by atoms with van der Waals surface area (Å²) in [5.41, 5.74) is 0.847. The molecule has 0 spiro atoms. The van der Waals surface area contributed by atoms with Crippen LogP contribution in [0.1, 0.15) is 18.4 Å². The van der Waals surface area contributed by atoms with E-state index in [4.69, 9.17) is 18.9 Å². The van der Waals surface area contributed by atoms with Crippen LogP contribution in [0.3, 0.4) is 0 Å². The van der Waals surface area contributed by atoms with Gasteiger partial charge in [0.15, 0.2) is 11.5 Å². The van der Waals surface area contributed by atoms with Gasteiger partial charge in [0, 0.05) is 12.8 Å². The normalized spacial score (nSPS) is 12.5. The highest BCUT2D eigenvalue weighted by Crippen LogP contribution is 2.28. The van der Waals surface area contributed by atoms with E-state index in [2.05, 4.69) is 0 Å². The van der Waals surface area contributed by atoms with Crippen molar-refractivity contribution >= 4 is 10.1 Å². The van der Waals surface area contributed by atoms with Crippen LogP contribution in [0.5, 0.6) is 11.5 Å². The lowest BCUT2D eigenvalue weighted by Crippen LogP contribution is -2.20. The summed E-state index contributed by atoms with van der Waals surface area (Å²) in [6.07, 6.45) is 1.37. The summed E-state index contributed by atoms with van der Waals surface area (Å²) in [7, 11) is -0.496. The van der Waals surface area contributed by atoms with Gasteiger partial charge in [-0.15, -0.1) is 0 Å². The van der Waals surface area contributed by atoms with Gasteiger partial charge in [0.1, 0.15) is 0 Å². The second kappa shape index (κ2) is 7.86. The molecule has 0 aromatic heterocycles. The zero-order chi connectivity index (χ0) is 15.9. The van der Waals surface area contributed by atoms with Gasteiger partial charge >= 0.3 is 0 Å². The number of benzene rings is 1. The predicted octanol–water partition coefficient (Wildman–Crippen LogP) is 1.89. The van der Waals surface area contributed by atoms with Gasteiger partial charge < -0.3 is 9.47 Å². The van der Waals surface area contributed by atoms with E-state index in [-0.39, 0.29) is 6.42 Å². The monoisotopic (exact) mass is 313 g/mol. The van der Waals surface area contributed by atoms with Crippen LogP contribution >= 0.6 is 0 Å². The molecule has 0 fully saturated rings. The van der Waals surface area contributed by atoms with Gasteiger partial charge in [-0.05, 0) is 24.1 Å². The maximum absolute atomic E-state index is 11.3. The molecule has 21 heavy (non-hydrogen) atoms. The van der Waals surface area contributed by atoms with Crippen LogP contribution in [0.4, 0.5) is 0 Å². The molecule has 0 aliphatic rings. The number of nitrogens with zero attached hydrogens (tertiary/aromatic N) is 1. The third-order valence-corrected chi connectivity index (χ3v) is 3.42. The fourth-order valence-corrected chi connectivity index (χ4v) is 2.59. The van der Waals surface area contributed by atoms with E-state index >= 15 is 0 Å². The first-order chi connectivity index (χ1) is 9.89. The van der Waals surface area contributed by atoms with E-state index in [1.165, 1.54) is 7.11 Å². The van der Waals surface area contributed by atoms with Crippen molar-refractivity contribution < 1.29 is 22.1 Å². The van der Waals surface area contributed by atoms with Crippen LogP contribution in [-0.2, 0) is 20.7 Å². The van der Waals surface area contributed by atoms with Crippen molar-refractivity contribution in [1.29, 1.82) is 5.26 Å². The van der Waals surface area contributed by atoms with Gasteiger partial charge in [-0.1, -0.05) is 6.07 Å². The summed E-state index contributed by atoms with van der Waals surface area (Å²) in [6.45, 7) is 0.